The van der Waals surface area contributed by atoms with Gasteiger partial charge in [-0.25, -0.2) is 4.79 Å². The van der Waals surface area contributed by atoms with Crippen LogP contribution in [0.4, 0.5) is 11.4 Å². The first kappa shape index (κ1) is 14.4. The van der Waals surface area contributed by atoms with Gasteiger partial charge >= 0.3 is 5.97 Å². The molecule has 4 heteroatoms. The van der Waals surface area contributed by atoms with E-state index in [1.165, 1.54) is 0 Å². The van der Waals surface area contributed by atoms with E-state index in [0.717, 1.165) is 5.69 Å². The summed E-state index contributed by atoms with van der Waals surface area (Å²) >= 11 is 0. The number of nitrogens with two attached hydrogens (primary N) is 1. The smallest absolute Gasteiger partial charge is 0.340 e. The minimum absolute atomic E-state index is 0.323. The number of carbonyl (C=O) groups excluding carboxylic acids is 1. The van der Waals surface area contributed by atoms with Crippen LogP contribution in [0.25, 0.3) is 0 Å². The minimum Gasteiger partial charge on any atom is -0.462 e. The lowest BCUT2D eigenvalue weighted by Gasteiger charge is -2.19. The fourth-order valence-corrected chi connectivity index (χ4v) is 1.46. The predicted octanol–water partition coefficient (Wildman–Crippen LogP) is 2.90. The third-order valence-corrected chi connectivity index (χ3v) is 2.94. The molecule has 4 nitrogen and oxygen atoms in total. The number of nitrogen functional groups attached to an aromatic ring is 1. The lowest BCUT2D eigenvalue weighted by Crippen LogP contribution is -2.21. The van der Waals surface area contributed by atoms with E-state index < -0.39 is 0 Å². The van der Waals surface area contributed by atoms with Crippen LogP contribution in [0.3, 0.4) is 0 Å². The third kappa shape index (κ3) is 3.65. The van der Waals surface area contributed by atoms with Gasteiger partial charge in [0.25, 0.3) is 0 Å². The molecule has 1 aromatic carbocycles. The highest BCUT2D eigenvalue weighted by Gasteiger charge is 2.13. The molecule has 1 atom stereocenters. The number of benzene rings is 1. The highest BCUT2D eigenvalue weighted by molar-refractivity contribution is 5.96. The summed E-state index contributed by atoms with van der Waals surface area (Å²) in [6.07, 6.45) is 0. The molecule has 0 aliphatic carbocycles. The van der Waals surface area contributed by atoms with Gasteiger partial charge in [-0.05, 0) is 38.0 Å². The van der Waals surface area contributed by atoms with Crippen LogP contribution < -0.4 is 11.1 Å². The van der Waals surface area contributed by atoms with Gasteiger partial charge in [0.1, 0.15) is 0 Å². The van der Waals surface area contributed by atoms with E-state index in [0.29, 0.717) is 29.8 Å². The Morgan fingerprint density at radius 3 is 2.61 bits per heavy atom. The normalized spacial score (nSPS) is 12.3. The zero-order chi connectivity index (χ0) is 13.7. The zero-order valence-corrected chi connectivity index (χ0v) is 11.5. The van der Waals surface area contributed by atoms with Crippen molar-refractivity contribution in [2.24, 2.45) is 5.92 Å². The SMILES string of the molecule is CCOC(=O)c1cc(NC(C)C(C)C)ccc1N. The summed E-state index contributed by atoms with van der Waals surface area (Å²) < 4.78 is 4.97. The van der Waals surface area contributed by atoms with Crippen molar-refractivity contribution in [3.8, 4) is 0 Å². The molecule has 0 saturated carbocycles. The molecule has 0 spiro atoms. The molecule has 1 unspecified atom stereocenters. The molecule has 0 fully saturated rings. The first-order valence-corrected chi connectivity index (χ1v) is 6.28. The summed E-state index contributed by atoms with van der Waals surface area (Å²) in [5.74, 6) is 0.129. The van der Waals surface area contributed by atoms with E-state index in [1.54, 1.807) is 19.1 Å². The summed E-state index contributed by atoms with van der Waals surface area (Å²) in [7, 11) is 0. The van der Waals surface area contributed by atoms with Crippen molar-refractivity contribution < 1.29 is 9.53 Å². The molecular weight excluding hydrogens is 228 g/mol. The molecule has 1 aromatic rings. The van der Waals surface area contributed by atoms with E-state index >= 15 is 0 Å². The van der Waals surface area contributed by atoms with Crippen LogP contribution in [-0.4, -0.2) is 18.6 Å². The van der Waals surface area contributed by atoms with Crippen molar-refractivity contribution in [2.75, 3.05) is 17.7 Å². The van der Waals surface area contributed by atoms with Crippen molar-refractivity contribution in [1.82, 2.24) is 0 Å². The largest absolute Gasteiger partial charge is 0.462 e. The van der Waals surface area contributed by atoms with Gasteiger partial charge in [-0.15, -0.1) is 0 Å². The Labute approximate surface area is 109 Å². The quantitative estimate of drug-likeness (QED) is 0.623. The second-order valence-electron chi connectivity index (χ2n) is 4.70. The van der Waals surface area contributed by atoms with Crippen LogP contribution in [0.15, 0.2) is 18.2 Å². The average molecular weight is 250 g/mol. The van der Waals surface area contributed by atoms with Gasteiger partial charge in [0.05, 0.1) is 12.2 Å². The minimum atomic E-state index is -0.379. The van der Waals surface area contributed by atoms with Crippen LogP contribution in [0.1, 0.15) is 38.1 Å². The first-order chi connectivity index (χ1) is 8.45. The summed E-state index contributed by atoms with van der Waals surface area (Å²) in [5, 5.41) is 3.34. The van der Waals surface area contributed by atoms with E-state index in [-0.39, 0.29) is 5.97 Å². The topological polar surface area (TPSA) is 64.3 Å². The van der Waals surface area contributed by atoms with Crippen molar-refractivity contribution in [3.05, 3.63) is 23.8 Å². The molecule has 0 amide bonds. The monoisotopic (exact) mass is 250 g/mol. The number of ether oxygens (including phenoxy) is 1. The number of rotatable bonds is 5. The van der Waals surface area contributed by atoms with E-state index in [2.05, 4.69) is 26.1 Å². The molecule has 100 valence electrons. The highest BCUT2D eigenvalue weighted by atomic mass is 16.5. The molecule has 0 aliphatic heterocycles. The number of carbonyl (C=O) groups is 1. The Balaban J connectivity index is 2.90. The molecule has 18 heavy (non-hydrogen) atoms. The molecule has 1 rings (SSSR count). The molecule has 0 aliphatic rings. The second kappa shape index (κ2) is 6.28. The average Bonchev–Trinajstić information content (AvgIpc) is 2.31. The molecule has 0 bridgehead atoms. The van der Waals surface area contributed by atoms with Gasteiger partial charge in [0.2, 0.25) is 0 Å². The van der Waals surface area contributed by atoms with Gasteiger partial charge in [0, 0.05) is 17.4 Å². The molecule has 3 N–H and O–H groups in total. The predicted molar refractivity (Wildman–Crippen MR) is 74.7 cm³/mol. The first-order valence-electron chi connectivity index (χ1n) is 6.28. The van der Waals surface area contributed by atoms with Crippen molar-refractivity contribution in [1.29, 1.82) is 0 Å². The third-order valence-electron chi connectivity index (χ3n) is 2.94. The molecule has 0 radical (unpaired) electrons. The Morgan fingerprint density at radius 1 is 1.39 bits per heavy atom. The van der Waals surface area contributed by atoms with Crippen LogP contribution in [0.5, 0.6) is 0 Å². The van der Waals surface area contributed by atoms with E-state index in [1.807, 2.05) is 6.07 Å². The maximum Gasteiger partial charge on any atom is 0.340 e. The summed E-state index contributed by atoms with van der Waals surface area (Å²) in [5.41, 5.74) is 7.52. The van der Waals surface area contributed by atoms with Crippen molar-refractivity contribution >= 4 is 17.3 Å². The second-order valence-corrected chi connectivity index (χ2v) is 4.70. The standard InChI is InChI=1S/C14H22N2O2/c1-5-18-14(17)12-8-11(6-7-13(12)15)16-10(4)9(2)3/h6-10,16H,5,15H2,1-4H3. The number of hydrogen-bond donors (Lipinski definition) is 2. The zero-order valence-electron chi connectivity index (χ0n) is 11.5. The Morgan fingerprint density at radius 2 is 2.06 bits per heavy atom. The van der Waals surface area contributed by atoms with Gasteiger partial charge in [-0.1, -0.05) is 13.8 Å². The van der Waals surface area contributed by atoms with Crippen LogP contribution in [-0.2, 0) is 4.74 Å². The van der Waals surface area contributed by atoms with Gasteiger partial charge in [0.15, 0.2) is 0 Å². The summed E-state index contributed by atoms with van der Waals surface area (Å²) in [4.78, 5) is 11.7. The van der Waals surface area contributed by atoms with Crippen LogP contribution in [0.2, 0.25) is 0 Å². The molecular formula is C14H22N2O2. The Kier molecular flexibility index (Phi) is 5.01. The Hall–Kier alpha value is -1.71. The molecule has 0 saturated heterocycles. The number of hydrogen-bond acceptors (Lipinski definition) is 4. The van der Waals surface area contributed by atoms with Gasteiger partial charge in [-0.3, -0.25) is 0 Å². The maximum atomic E-state index is 11.7. The number of esters is 1. The summed E-state index contributed by atoms with van der Waals surface area (Å²) in [6.45, 7) is 8.50. The van der Waals surface area contributed by atoms with Crippen LogP contribution in [0, 0.1) is 5.92 Å². The number of nitrogens with one attached hydrogen (secondary N) is 1. The van der Waals surface area contributed by atoms with Crippen molar-refractivity contribution in [3.63, 3.8) is 0 Å². The lowest BCUT2D eigenvalue weighted by molar-refractivity contribution is 0.0527. The fraction of sp³-hybridized carbons (Fsp3) is 0.500. The Bertz CT molecular complexity index is 416. The molecule has 0 heterocycles. The molecule has 0 aromatic heterocycles. The van der Waals surface area contributed by atoms with Gasteiger partial charge in [-0.2, -0.15) is 0 Å². The van der Waals surface area contributed by atoms with Gasteiger partial charge < -0.3 is 15.8 Å². The lowest BCUT2D eigenvalue weighted by atomic mass is 10.1. The van der Waals surface area contributed by atoms with Crippen molar-refractivity contribution in [2.45, 2.75) is 33.7 Å². The van der Waals surface area contributed by atoms with E-state index in [9.17, 15) is 4.79 Å². The van der Waals surface area contributed by atoms with E-state index in [4.69, 9.17) is 10.5 Å². The number of anilines is 2. The maximum absolute atomic E-state index is 11.7. The summed E-state index contributed by atoms with van der Waals surface area (Å²) in [6, 6.07) is 5.66. The fourth-order valence-electron chi connectivity index (χ4n) is 1.46. The van der Waals surface area contributed by atoms with Crippen LogP contribution >= 0.6 is 0 Å². The highest BCUT2D eigenvalue weighted by Crippen LogP contribution is 2.20.